The normalized spacial score (nSPS) is 14.0. The van der Waals surface area contributed by atoms with Gasteiger partial charge in [-0.3, -0.25) is 10.1 Å². The molecule has 8 nitrogen and oxygen atoms in total. The summed E-state index contributed by atoms with van der Waals surface area (Å²) in [4.78, 5) is 27.0. The van der Waals surface area contributed by atoms with Crippen molar-refractivity contribution in [2.24, 2.45) is 4.99 Å². The second kappa shape index (κ2) is 10.5. The van der Waals surface area contributed by atoms with Crippen LogP contribution in [0.3, 0.4) is 0 Å². The maximum atomic E-state index is 12.3. The summed E-state index contributed by atoms with van der Waals surface area (Å²) in [6.07, 6.45) is 1.63. The molecule has 9 heteroatoms. The summed E-state index contributed by atoms with van der Waals surface area (Å²) in [7, 11) is 0. The number of carbonyl (C=O) groups is 1. The summed E-state index contributed by atoms with van der Waals surface area (Å²) in [5, 5.41) is 10.8. The maximum absolute atomic E-state index is 12.3. The third-order valence-corrected chi connectivity index (χ3v) is 5.54. The van der Waals surface area contributed by atoms with E-state index in [1.807, 2.05) is 31.2 Å². The predicted octanol–water partition coefficient (Wildman–Crippen LogP) is 5.52. The summed E-state index contributed by atoms with van der Waals surface area (Å²) in [6.45, 7) is 2.50. The Hall–Kier alpha value is -3.73. The van der Waals surface area contributed by atoms with Crippen molar-refractivity contribution in [3.63, 3.8) is 0 Å². The van der Waals surface area contributed by atoms with Crippen molar-refractivity contribution in [2.45, 2.75) is 13.5 Å². The molecule has 0 unspecified atom stereocenters. The molecule has 0 aliphatic carbocycles. The minimum Gasteiger partial charge on any atom is -0.490 e. The molecule has 0 saturated heterocycles. The number of carbonyl (C=O) groups excluding carboxylic acids is 1. The Morgan fingerprint density at radius 3 is 2.44 bits per heavy atom. The minimum absolute atomic E-state index is 0.0226. The second-order valence-corrected chi connectivity index (χ2v) is 8.44. The summed E-state index contributed by atoms with van der Waals surface area (Å²) < 4.78 is 18.0. The zero-order valence-corrected chi connectivity index (χ0v) is 20.2. The first-order valence-electron chi connectivity index (χ1n) is 10.3. The number of hydrogen-bond acceptors (Lipinski definition) is 7. The van der Waals surface area contributed by atoms with Crippen LogP contribution in [0.15, 0.2) is 77.4 Å². The van der Waals surface area contributed by atoms with Crippen LogP contribution in [0.25, 0.3) is 6.08 Å². The number of halogens is 1. The fraction of sp³-hybridized carbons (Fsp3) is 0.120. The molecule has 3 aromatic carbocycles. The van der Waals surface area contributed by atoms with Crippen molar-refractivity contribution >= 4 is 46.2 Å². The maximum Gasteiger partial charge on any atom is 0.363 e. The van der Waals surface area contributed by atoms with E-state index in [1.54, 1.807) is 36.4 Å². The van der Waals surface area contributed by atoms with Crippen LogP contribution in [0.1, 0.15) is 23.6 Å². The van der Waals surface area contributed by atoms with Crippen LogP contribution in [0.2, 0.25) is 0 Å². The van der Waals surface area contributed by atoms with Crippen LogP contribution in [0.5, 0.6) is 11.5 Å². The van der Waals surface area contributed by atoms with E-state index in [-0.39, 0.29) is 23.9 Å². The Morgan fingerprint density at radius 1 is 1.03 bits per heavy atom. The Labute approximate surface area is 209 Å². The quantitative estimate of drug-likeness (QED) is 0.116. The lowest BCUT2D eigenvalue weighted by molar-refractivity contribution is -0.384. The van der Waals surface area contributed by atoms with E-state index in [2.05, 4.69) is 27.6 Å². The van der Waals surface area contributed by atoms with Crippen LogP contribution in [0.4, 0.5) is 5.69 Å². The molecule has 1 heterocycles. The number of non-ortho nitro benzene ring substituents is 1. The number of cyclic esters (lactones) is 1. The van der Waals surface area contributed by atoms with Gasteiger partial charge in [0.25, 0.3) is 5.69 Å². The van der Waals surface area contributed by atoms with E-state index in [0.29, 0.717) is 23.7 Å². The molecule has 0 aromatic heterocycles. The molecule has 1 aliphatic heterocycles. The van der Waals surface area contributed by atoms with Gasteiger partial charge < -0.3 is 14.2 Å². The molecule has 0 saturated carbocycles. The van der Waals surface area contributed by atoms with Crippen molar-refractivity contribution in [1.82, 2.24) is 0 Å². The fourth-order valence-corrected chi connectivity index (χ4v) is 3.52. The molecule has 0 radical (unpaired) electrons. The standard InChI is InChI=1S/C25H19IN2O6/c1-2-32-23-14-17(5-12-22(23)33-15-16-3-10-20(11-4-16)28(30)31)13-21-25(29)34-24(27-21)18-6-8-19(26)9-7-18/h3-14H,2,15H2,1H3/b21-13-. The van der Waals surface area contributed by atoms with Crippen LogP contribution in [0, 0.1) is 13.7 Å². The third-order valence-electron chi connectivity index (χ3n) is 4.82. The van der Waals surface area contributed by atoms with Crippen molar-refractivity contribution in [3.05, 3.63) is 103 Å². The molecule has 3 aromatic rings. The lowest BCUT2D eigenvalue weighted by atomic mass is 10.1. The molecule has 1 aliphatic rings. The number of aliphatic imine (C=N–C) groups is 1. The highest BCUT2D eigenvalue weighted by Gasteiger charge is 2.24. The third kappa shape index (κ3) is 5.60. The van der Waals surface area contributed by atoms with E-state index in [1.165, 1.54) is 12.1 Å². The summed E-state index contributed by atoms with van der Waals surface area (Å²) in [5.74, 6) is 0.761. The molecule has 0 atom stereocenters. The van der Waals surface area contributed by atoms with Gasteiger partial charge in [-0.1, -0.05) is 6.07 Å². The molecule has 0 bridgehead atoms. The van der Waals surface area contributed by atoms with Gasteiger partial charge >= 0.3 is 5.97 Å². The second-order valence-electron chi connectivity index (χ2n) is 7.19. The van der Waals surface area contributed by atoms with Gasteiger partial charge in [0.05, 0.1) is 11.5 Å². The molecule has 0 amide bonds. The Bertz CT molecular complexity index is 1280. The average molecular weight is 570 g/mol. The van der Waals surface area contributed by atoms with Crippen LogP contribution in [-0.2, 0) is 16.1 Å². The highest BCUT2D eigenvalue weighted by atomic mass is 127. The zero-order valence-electron chi connectivity index (χ0n) is 18.1. The zero-order chi connectivity index (χ0) is 24.1. The van der Waals surface area contributed by atoms with Crippen LogP contribution < -0.4 is 9.47 Å². The molecule has 172 valence electrons. The number of benzene rings is 3. The number of esters is 1. The number of nitro groups is 1. The summed E-state index contributed by atoms with van der Waals surface area (Å²) in [6, 6.07) is 19.0. The summed E-state index contributed by atoms with van der Waals surface area (Å²) >= 11 is 2.20. The molecule has 4 rings (SSSR count). The van der Waals surface area contributed by atoms with Gasteiger partial charge in [0.2, 0.25) is 5.90 Å². The molecule has 34 heavy (non-hydrogen) atoms. The van der Waals surface area contributed by atoms with Gasteiger partial charge in [-0.2, -0.15) is 0 Å². The number of rotatable bonds is 8. The number of nitro benzene ring substituents is 1. The van der Waals surface area contributed by atoms with E-state index in [0.717, 1.165) is 14.7 Å². The highest BCUT2D eigenvalue weighted by Crippen LogP contribution is 2.31. The van der Waals surface area contributed by atoms with Gasteiger partial charge in [-0.25, -0.2) is 9.79 Å². The van der Waals surface area contributed by atoms with Gasteiger partial charge in [0.1, 0.15) is 6.61 Å². The monoisotopic (exact) mass is 570 g/mol. The number of nitrogens with zero attached hydrogens (tertiary/aromatic N) is 2. The van der Waals surface area contributed by atoms with Gasteiger partial charge in [0.15, 0.2) is 17.2 Å². The smallest absolute Gasteiger partial charge is 0.363 e. The van der Waals surface area contributed by atoms with E-state index < -0.39 is 10.9 Å². The first-order valence-corrected chi connectivity index (χ1v) is 11.4. The van der Waals surface area contributed by atoms with Crippen molar-refractivity contribution in [2.75, 3.05) is 6.61 Å². The number of ether oxygens (including phenoxy) is 3. The van der Waals surface area contributed by atoms with Gasteiger partial charge in [0, 0.05) is 21.3 Å². The van der Waals surface area contributed by atoms with Crippen molar-refractivity contribution in [3.8, 4) is 11.5 Å². The molecule has 0 N–H and O–H groups in total. The van der Waals surface area contributed by atoms with Crippen LogP contribution >= 0.6 is 22.6 Å². The minimum atomic E-state index is -0.523. The Kier molecular flexibility index (Phi) is 7.21. The molecule has 0 fully saturated rings. The molecular formula is C25H19IN2O6. The topological polar surface area (TPSA) is 100 Å². The highest BCUT2D eigenvalue weighted by molar-refractivity contribution is 14.1. The largest absolute Gasteiger partial charge is 0.490 e. The van der Waals surface area contributed by atoms with Gasteiger partial charge in [-0.15, -0.1) is 0 Å². The molecule has 0 spiro atoms. The van der Waals surface area contributed by atoms with E-state index in [9.17, 15) is 14.9 Å². The average Bonchev–Trinajstić information content (AvgIpc) is 3.19. The van der Waals surface area contributed by atoms with Crippen molar-refractivity contribution < 1.29 is 23.9 Å². The van der Waals surface area contributed by atoms with Crippen LogP contribution in [-0.4, -0.2) is 23.4 Å². The first kappa shape index (κ1) is 23.4. The first-order chi connectivity index (χ1) is 16.4. The lowest BCUT2D eigenvalue weighted by Crippen LogP contribution is -2.05. The Balaban J connectivity index is 1.52. The summed E-state index contributed by atoms with van der Waals surface area (Å²) in [5.41, 5.74) is 2.42. The Morgan fingerprint density at radius 2 is 1.76 bits per heavy atom. The van der Waals surface area contributed by atoms with Gasteiger partial charge in [-0.05, 0) is 95.2 Å². The predicted molar refractivity (Wildman–Crippen MR) is 135 cm³/mol. The SMILES string of the molecule is CCOc1cc(/C=C2\N=C(c3ccc(I)cc3)OC2=O)ccc1OCc1ccc([N+](=O)[O-])cc1. The van der Waals surface area contributed by atoms with Crippen molar-refractivity contribution in [1.29, 1.82) is 0 Å². The van der Waals surface area contributed by atoms with E-state index >= 15 is 0 Å². The molecular weight excluding hydrogens is 551 g/mol. The fourth-order valence-electron chi connectivity index (χ4n) is 3.16. The lowest BCUT2D eigenvalue weighted by Gasteiger charge is -2.13. The number of hydrogen-bond donors (Lipinski definition) is 0. The van der Waals surface area contributed by atoms with E-state index in [4.69, 9.17) is 14.2 Å².